The number of thiazole rings is 1. The van der Waals surface area contributed by atoms with E-state index in [9.17, 15) is 4.79 Å². The number of hydrogen-bond donors (Lipinski definition) is 0. The van der Waals surface area contributed by atoms with E-state index in [0.29, 0.717) is 5.91 Å². The first-order chi connectivity index (χ1) is 12.2. The number of carbonyl (C=O) groups is 1. The van der Waals surface area contributed by atoms with Gasteiger partial charge in [0.15, 0.2) is 5.13 Å². The molecule has 6 heteroatoms. The molecule has 0 radical (unpaired) electrons. The molecular weight excluding hydrogens is 332 g/mol. The number of hydrogen-bond acceptors (Lipinski definition) is 5. The Hall–Kier alpha value is -1.14. The number of nitrogens with zero attached hydrogens (tertiary/aromatic N) is 4. The maximum atomic E-state index is 12.6. The molecule has 5 nitrogen and oxygen atoms in total. The van der Waals surface area contributed by atoms with Gasteiger partial charge < -0.3 is 14.7 Å². The summed E-state index contributed by atoms with van der Waals surface area (Å²) in [4.78, 5) is 25.7. The van der Waals surface area contributed by atoms with E-state index in [4.69, 9.17) is 4.98 Å². The number of likely N-dealkylation sites (N-methyl/N-ethyl adjacent to an activating group) is 1. The molecule has 1 amide bonds. The van der Waals surface area contributed by atoms with Gasteiger partial charge in [0.25, 0.3) is 0 Å². The van der Waals surface area contributed by atoms with Crippen molar-refractivity contribution < 1.29 is 4.79 Å². The highest BCUT2D eigenvalue weighted by Gasteiger charge is 2.27. The molecule has 3 heterocycles. The molecule has 25 heavy (non-hydrogen) atoms. The Kier molecular flexibility index (Phi) is 5.27. The Balaban J connectivity index is 1.33. The first kappa shape index (κ1) is 17.3. The van der Waals surface area contributed by atoms with E-state index < -0.39 is 0 Å². The van der Waals surface area contributed by atoms with Crippen molar-refractivity contribution in [2.45, 2.75) is 51.5 Å². The van der Waals surface area contributed by atoms with Crippen LogP contribution >= 0.6 is 11.3 Å². The fourth-order valence-corrected chi connectivity index (χ4v) is 5.49. The predicted molar refractivity (Wildman–Crippen MR) is 102 cm³/mol. The minimum Gasteiger partial charge on any atom is -0.346 e. The molecule has 0 N–H and O–H groups in total. The zero-order valence-corrected chi connectivity index (χ0v) is 16.2. The lowest BCUT2D eigenvalue weighted by Crippen LogP contribution is -2.44. The summed E-state index contributed by atoms with van der Waals surface area (Å²) in [5, 5.41) is 1.17. The Morgan fingerprint density at radius 2 is 1.92 bits per heavy atom. The van der Waals surface area contributed by atoms with Crippen LogP contribution in [0.1, 0.15) is 49.1 Å². The Morgan fingerprint density at radius 1 is 1.16 bits per heavy atom. The lowest BCUT2D eigenvalue weighted by Gasteiger charge is -2.32. The number of fused-ring (bicyclic) bond motifs is 1. The largest absolute Gasteiger partial charge is 0.346 e. The van der Waals surface area contributed by atoms with Gasteiger partial charge in [-0.15, -0.1) is 0 Å². The lowest BCUT2D eigenvalue weighted by molar-refractivity contribution is -0.132. The van der Waals surface area contributed by atoms with Gasteiger partial charge in [-0.3, -0.25) is 4.79 Å². The summed E-state index contributed by atoms with van der Waals surface area (Å²) in [7, 11) is 2.18. The second-order valence-corrected chi connectivity index (χ2v) is 8.97. The number of piperazine rings is 1. The van der Waals surface area contributed by atoms with E-state index in [-0.39, 0.29) is 0 Å². The van der Waals surface area contributed by atoms with E-state index in [1.54, 1.807) is 0 Å². The van der Waals surface area contributed by atoms with Gasteiger partial charge in [-0.1, -0.05) is 37.0 Å². The molecule has 1 saturated carbocycles. The van der Waals surface area contributed by atoms with Crippen LogP contribution in [0.15, 0.2) is 0 Å². The number of anilines is 1. The van der Waals surface area contributed by atoms with Crippen LogP contribution in [0.5, 0.6) is 0 Å². The van der Waals surface area contributed by atoms with Crippen molar-refractivity contribution in [1.29, 1.82) is 0 Å². The summed E-state index contributed by atoms with van der Waals surface area (Å²) in [5.74, 6) is 1.16. The van der Waals surface area contributed by atoms with Crippen molar-refractivity contribution in [2.24, 2.45) is 5.92 Å². The van der Waals surface area contributed by atoms with E-state index >= 15 is 0 Å². The third-order valence-corrected chi connectivity index (χ3v) is 7.23. The standard InChI is InChI=1S/C19H30N4OS/c1-21-10-12-22(13-11-21)19-20-16-8-9-23(14-17(16)25-19)18(24)7-6-15-4-2-3-5-15/h15H,2-14H2,1H3. The van der Waals surface area contributed by atoms with Gasteiger partial charge in [0.1, 0.15) is 0 Å². The molecule has 1 aliphatic carbocycles. The highest BCUT2D eigenvalue weighted by Crippen LogP contribution is 2.32. The maximum Gasteiger partial charge on any atom is 0.222 e. The Labute approximate surface area is 155 Å². The molecule has 4 rings (SSSR count). The summed E-state index contributed by atoms with van der Waals surface area (Å²) in [5.41, 5.74) is 1.23. The second-order valence-electron chi connectivity index (χ2n) is 7.91. The van der Waals surface area contributed by atoms with Crippen LogP contribution < -0.4 is 4.90 Å². The highest BCUT2D eigenvalue weighted by atomic mass is 32.1. The van der Waals surface area contributed by atoms with E-state index in [2.05, 4.69) is 21.7 Å². The van der Waals surface area contributed by atoms with E-state index in [0.717, 1.165) is 64.4 Å². The summed E-state index contributed by atoms with van der Waals surface area (Å²) in [6.07, 6.45) is 8.15. The molecule has 1 aromatic rings. The number of carbonyl (C=O) groups excluding carboxylic acids is 1. The Morgan fingerprint density at radius 3 is 2.68 bits per heavy atom. The third-order valence-electron chi connectivity index (χ3n) is 6.09. The third kappa shape index (κ3) is 4.00. The molecule has 0 unspecified atom stereocenters. The minimum atomic E-state index is 0.354. The normalized spacial score (nSPS) is 22.4. The fraction of sp³-hybridized carbons (Fsp3) is 0.789. The average molecular weight is 363 g/mol. The van der Waals surface area contributed by atoms with Crippen molar-refractivity contribution in [3.05, 3.63) is 10.6 Å². The van der Waals surface area contributed by atoms with Crippen molar-refractivity contribution in [3.8, 4) is 0 Å². The molecule has 0 atom stereocenters. The summed E-state index contributed by atoms with van der Waals surface area (Å²) >= 11 is 1.81. The Bertz CT molecular complexity index is 603. The molecule has 138 valence electrons. The SMILES string of the molecule is CN1CCN(c2nc3c(s2)CN(C(=O)CCC2CCCC2)CC3)CC1. The van der Waals surface area contributed by atoms with Gasteiger partial charge in [0.2, 0.25) is 5.91 Å². The molecule has 3 aliphatic rings. The second kappa shape index (κ2) is 7.62. The first-order valence-corrected chi connectivity index (χ1v) is 10.7. The summed E-state index contributed by atoms with van der Waals surface area (Å²) in [6.45, 7) is 5.97. The van der Waals surface area contributed by atoms with Gasteiger partial charge >= 0.3 is 0 Å². The van der Waals surface area contributed by atoms with Gasteiger partial charge in [0.05, 0.1) is 12.2 Å². The molecule has 0 spiro atoms. The molecular formula is C19H30N4OS. The maximum absolute atomic E-state index is 12.6. The summed E-state index contributed by atoms with van der Waals surface area (Å²) in [6, 6.07) is 0. The topological polar surface area (TPSA) is 39.7 Å². The molecule has 1 aromatic heterocycles. The van der Waals surface area contributed by atoms with Crippen LogP contribution in [0.3, 0.4) is 0 Å². The molecule has 0 bridgehead atoms. The predicted octanol–water partition coefficient (Wildman–Crippen LogP) is 2.75. The van der Waals surface area contributed by atoms with Crippen molar-refractivity contribution >= 4 is 22.4 Å². The van der Waals surface area contributed by atoms with Crippen molar-refractivity contribution in [1.82, 2.24) is 14.8 Å². The monoisotopic (exact) mass is 362 g/mol. The van der Waals surface area contributed by atoms with E-state index in [1.807, 2.05) is 11.3 Å². The average Bonchev–Trinajstić information content (AvgIpc) is 3.29. The number of rotatable bonds is 4. The zero-order chi connectivity index (χ0) is 17.2. The van der Waals surface area contributed by atoms with Crippen LogP contribution in [-0.2, 0) is 17.8 Å². The fourth-order valence-electron chi connectivity index (χ4n) is 4.31. The molecule has 2 aliphatic heterocycles. The molecule has 2 fully saturated rings. The van der Waals surface area contributed by atoms with Crippen LogP contribution in [0, 0.1) is 5.92 Å². The van der Waals surface area contributed by atoms with Gasteiger partial charge in [0, 0.05) is 50.4 Å². The van der Waals surface area contributed by atoms with Gasteiger partial charge in [-0.2, -0.15) is 0 Å². The lowest BCUT2D eigenvalue weighted by atomic mass is 10.0. The quantitative estimate of drug-likeness (QED) is 0.826. The molecule has 0 aromatic carbocycles. The number of amides is 1. The van der Waals surface area contributed by atoms with Crippen LogP contribution in [0.2, 0.25) is 0 Å². The van der Waals surface area contributed by atoms with Gasteiger partial charge in [-0.05, 0) is 19.4 Å². The molecule has 1 saturated heterocycles. The zero-order valence-electron chi connectivity index (χ0n) is 15.4. The first-order valence-electron chi connectivity index (χ1n) is 9.89. The number of aromatic nitrogens is 1. The van der Waals surface area contributed by atoms with Crippen LogP contribution in [0.25, 0.3) is 0 Å². The minimum absolute atomic E-state index is 0.354. The van der Waals surface area contributed by atoms with E-state index in [1.165, 1.54) is 41.4 Å². The smallest absolute Gasteiger partial charge is 0.222 e. The van der Waals surface area contributed by atoms with Crippen molar-refractivity contribution in [3.63, 3.8) is 0 Å². The van der Waals surface area contributed by atoms with Crippen LogP contribution in [-0.4, -0.2) is 60.5 Å². The summed E-state index contributed by atoms with van der Waals surface area (Å²) < 4.78 is 0. The van der Waals surface area contributed by atoms with Gasteiger partial charge in [-0.25, -0.2) is 4.98 Å². The van der Waals surface area contributed by atoms with Crippen LogP contribution in [0.4, 0.5) is 5.13 Å². The van der Waals surface area contributed by atoms with Crippen molar-refractivity contribution in [2.75, 3.05) is 44.7 Å². The highest BCUT2D eigenvalue weighted by molar-refractivity contribution is 7.15.